The second-order valence-electron chi connectivity index (χ2n) is 4.92. The van der Waals surface area contributed by atoms with E-state index in [1.165, 1.54) is 30.3 Å². The summed E-state index contributed by atoms with van der Waals surface area (Å²) in [6.07, 6.45) is 1.32. The van der Waals surface area contributed by atoms with Crippen LogP contribution in [0.1, 0.15) is 5.56 Å². The number of para-hydroxylation sites is 1. The second kappa shape index (κ2) is 8.62. The van der Waals surface area contributed by atoms with E-state index in [1.807, 2.05) is 6.07 Å². The van der Waals surface area contributed by atoms with Crippen LogP contribution < -0.4 is 10.1 Å². The monoisotopic (exact) mass is 348 g/mol. The molecule has 8 nitrogen and oxygen atoms in total. The van der Waals surface area contributed by atoms with Crippen LogP contribution in [0.5, 0.6) is 5.75 Å². The minimum atomic E-state index is -0.719. The van der Waals surface area contributed by atoms with Crippen LogP contribution in [0, 0.1) is 32.8 Å². The van der Waals surface area contributed by atoms with Crippen LogP contribution in [0.4, 0.5) is 11.4 Å². The quantitative estimate of drug-likeness (QED) is 0.370. The average Bonchev–Trinajstić information content (AvgIpc) is 2.65. The number of hydrogen-bond donors (Lipinski definition) is 1. The summed E-state index contributed by atoms with van der Waals surface area (Å²) in [7, 11) is 0. The van der Waals surface area contributed by atoms with Gasteiger partial charge >= 0.3 is 0 Å². The highest BCUT2D eigenvalue weighted by molar-refractivity contribution is 6.09. The number of nitro groups is 1. The van der Waals surface area contributed by atoms with Gasteiger partial charge in [0.05, 0.1) is 4.92 Å². The van der Waals surface area contributed by atoms with Crippen molar-refractivity contribution < 1.29 is 14.5 Å². The van der Waals surface area contributed by atoms with Gasteiger partial charge in [0.2, 0.25) is 0 Å². The Bertz CT molecular complexity index is 954. The summed E-state index contributed by atoms with van der Waals surface area (Å²) in [6.45, 7) is -0.174. The molecule has 128 valence electrons. The zero-order chi connectivity index (χ0) is 18.9. The van der Waals surface area contributed by atoms with Gasteiger partial charge in [-0.05, 0) is 18.2 Å². The number of ether oxygens (including phenoxy) is 1. The van der Waals surface area contributed by atoms with Crippen LogP contribution in [0.3, 0.4) is 0 Å². The zero-order valence-corrected chi connectivity index (χ0v) is 13.4. The molecule has 2 rings (SSSR count). The number of amides is 1. The van der Waals surface area contributed by atoms with Gasteiger partial charge in [-0.1, -0.05) is 24.3 Å². The molecule has 0 bridgehead atoms. The van der Waals surface area contributed by atoms with Crippen molar-refractivity contribution in [2.24, 2.45) is 0 Å². The van der Waals surface area contributed by atoms with Crippen molar-refractivity contribution in [2.75, 3.05) is 11.9 Å². The molecule has 0 saturated heterocycles. The number of carbonyl (C=O) groups is 1. The van der Waals surface area contributed by atoms with E-state index >= 15 is 0 Å². The summed E-state index contributed by atoms with van der Waals surface area (Å²) in [5.41, 5.74) is 0.248. The Balaban J connectivity index is 2.26. The minimum Gasteiger partial charge on any atom is -0.478 e. The first-order chi connectivity index (χ1) is 12.5. The molecule has 26 heavy (non-hydrogen) atoms. The fourth-order valence-electron chi connectivity index (χ4n) is 2.04. The van der Waals surface area contributed by atoms with Gasteiger partial charge in [0.1, 0.15) is 23.5 Å². The molecule has 0 atom stereocenters. The van der Waals surface area contributed by atoms with Crippen LogP contribution >= 0.6 is 0 Å². The number of nitriles is 2. The standard InChI is InChI=1S/C18H12N4O4/c19-8-9-26-17-7-2-1-4-13(17)10-14(12-20)18(23)21-15-5-3-6-16(11-15)22(24)25/h1-7,10-11H,9H2,(H,21,23)/b14-10+. The molecule has 0 aliphatic heterocycles. The Kier molecular flexibility index (Phi) is 6.02. The van der Waals surface area contributed by atoms with E-state index in [4.69, 9.17) is 10.00 Å². The number of carbonyl (C=O) groups excluding carboxylic acids is 1. The maximum atomic E-state index is 12.3. The number of hydrogen-bond acceptors (Lipinski definition) is 6. The molecule has 0 radical (unpaired) electrons. The van der Waals surface area contributed by atoms with E-state index in [2.05, 4.69) is 5.32 Å². The van der Waals surface area contributed by atoms with Crippen molar-refractivity contribution in [1.82, 2.24) is 0 Å². The smallest absolute Gasteiger partial charge is 0.271 e. The Morgan fingerprint density at radius 2 is 2.00 bits per heavy atom. The highest BCUT2D eigenvalue weighted by Crippen LogP contribution is 2.22. The van der Waals surface area contributed by atoms with Gasteiger partial charge in [-0.25, -0.2) is 0 Å². The van der Waals surface area contributed by atoms with Crippen LogP contribution in [0.2, 0.25) is 0 Å². The van der Waals surface area contributed by atoms with Gasteiger partial charge in [-0.3, -0.25) is 14.9 Å². The number of nitro benzene ring substituents is 1. The molecule has 2 aromatic rings. The first-order valence-corrected chi connectivity index (χ1v) is 7.31. The van der Waals surface area contributed by atoms with E-state index in [1.54, 1.807) is 30.3 Å². The van der Waals surface area contributed by atoms with Crippen molar-refractivity contribution in [1.29, 1.82) is 10.5 Å². The minimum absolute atomic E-state index is 0.174. The molecule has 0 aromatic heterocycles. The maximum Gasteiger partial charge on any atom is 0.271 e. The number of anilines is 1. The molecular formula is C18H12N4O4. The SMILES string of the molecule is N#CCOc1ccccc1/C=C(\C#N)C(=O)Nc1cccc([N+](=O)[O-])c1. The van der Waals surface area contributed by atoms with Crippen LogP contribution in [-0.2, 0) is 4.79 Å². The summed E-state index contributed by atoms with van der Waals surface area (Å²) in [5.74, 6) is -0.368. The average molecular weight is 348 g/mol. The van der Waals surface area contributed by atoms with Crippen LogP contribution in [-0.4, -0.2) is 17.4 Å². The Labute approximate surface area is 148 Å². The van der Waals surface area contributed by atoms with Crippen LogP contribution in [0.25, 0.3) is 6.08 Å². The third-order valence-electron chi connectivity index (χ3n) is 3.19. The molecule has 0 unspecified atom stereocenters. The summed E-state index contributed by atoms with van der Waals surface area (Å²) < 4.78 is 5.25. The fourth-order valence-corrected chi connectivity index (χ4v) is 2.04. The van der Waals surface area contributed by atoms with Crippen molar-refractivity contribution >= 4 is 23.4 Å². The predicted octanol–water partition coefficient (Wildman–Crippen LogP) is 3.04. The number of non-ortho nitro benzene ring substituents is 1. The lowest BCUT2D eigenvalue weighted by atomic mass is 10.1. The molecule has 0 heterocycles. The zero-order valence-electron chi connectivity index (χ0n) is 13.4. The molecule has 1 N–H and O–H groups in total. The maximum absolute atomic E-state index is 12.3. The van der Waals surface area contributed by atoms with Crippen molar-refractivity contribution in [3.8, 4) is 17.9 Å². The molecular weight excluding hydrogens is 336 g/mol. The Morgan fingerprint density at radius 3 is 2.69 bits per heavy atom. The molecule has 8 heteroatoms. The van der Waals surface area contributed by atoms with Gasteiger partial charge in [0.25, 0.3) is 11.6 Å². The van der Waals surface area contributed by atoms with Gasteiger partial charge < -0.3 is 10.1 Å². The number of benzene rings is 2. The normalized spacial score (nSPS) is 10.3. The van der Waals surface area contributed by atoms with E-state index in [-0.39, 0.29) is 23.6 Å². The topological polar surface area (TPSA) is 129 Å². The fraction of sp³-hybridized carbons (Fsp3) is 0.0556. The lowest BCUT2D eigenvalue weighted by molar-refractivity contribution is -0.384. The highest BCUT2D eigenvalue weighted by atomic mass is 16.6. The first-order valence-electron chi connectivity index (χ1n) is 7.31. The van der Waals surface area contributed by atoms with E-state index in [9.17, 15) is 20.2 Å². The number of nitrogens with one attached hydrogen (secondary N) is 1. The predicted molar refractivity (Wildman–Crippen MR) is 92.9 cm³/mol. The Hall–Kier alpha value is -4.17. The van der Waals surface area contributed by atoms with E-state index in [0.717, 1.165) is 0 Å². The lowest BCUT2D eigenvalue weighted by Gasteiger charge is -2.07. The van der Waals surface area contributed by atoms with Crippen LogP contribution in [0.15, 0.2) is 54.1 Å². The molecule has 1 amide bonds. The van der Waals surface area contributed by atoms with E-state index in [0.29, 0.717) is 11.3 Å². The third-order valence-corrected chi connectivity index (χ3v) is 3.19. The van der Waals surface area contributed by atoms with Gasteiger partial charge in [0, 0.05) is 23.4 Å². The van der Waals surface area contributed by atoms with Gasteiger partial charge in [-0.15, -0.1) is 0 Å². The summed E-state index contributed by atoms with van der Waals surface area (Å²) in [6, 6.07) is 15.6. The van der Waals surface area contributed by atoms with Gasteiger partial charge in [-0.2, -0.15) is 10.5 Å². The summed E-state index contributed by atoms with van der Waals surface area (Å²) in [4.78, 5) is 22.5. The van der Waals surface area contributed by atoms with Crippen molar-refractivity contribution in [3.05, 3.63) is 69.8 Å². The van der Waals surface area contributed by atoms with E-state index < -0.39 is 10.8 Å². The molecule has 2 aromatic carbocycles. The number of rotatable bonds is 6. The van der Waals surface area contributed by atoms with Crippen molar-refractivity contribution in [3.63, 3.8) is 0 Å². The lowest BCUT2D eigenvalue weighted by Crippen LogP contribution is -2.13. The molecule has 0 saturated carbocycles. The second-order valence-corrected chi connectivity index (χ2v) is 4.92. The third kappa shape index (κ3) is 4.66. The molecule has 0 spiro atoms. The molecule has 0 aliphatic carbocycles. The highest BCUT2D eigenvalue weighted by Gasteiger charge is 2.13. The van der Waals surface area contributed by atoms with Crippen molar-refractivity contribution in [2.45, 2.75) is 0 Å². The number of nitrogens with zero attached hydrogens (tertiary/aromatic N) is 3. The molecule has 0 aliphatic rings. The summed E-state index contributed by atoms with van der Waals surface area (Å²) >= 11 is 0. The van der Waals surface area contributed by atoms with Gasteiger partial charge in [0.15, 0.2) is 6.61 Å². The molecule has 0 fully saturated rings. The Morgan fingerprint density at radius 1 is 1.23 bits per heavy atom. The summed E-state index contributed by atoms with van der Waals surface area (Å²) in [5, 5.41) is 31.1. The first kappa shape index (κ1) is 18.2. The largest absolute Gasteiger partial charge is 0.478 e.